The first kappa shape index (κ1) is 12.7. The zero-order valence-electron chi connectivity index (χ0n) is 9.40. The lowest BCUT2D eigenvalue weighted by Crippen LogP contribution is -2.09. The van der Waals surface area contributed by atoms with E-state index in [0.29, 0.717) is 12.8 Å². The Labute approximate surface area is 95.9 Å². The van der Waals surface area contributed by atoms with Crippen LogP contribution in [-0.2, 0) is 16.3 Å². The summed E-state index contributed by atoms with van der Waals surface area (Å²) in [6.07, 6.45) is 1.21. The van der Waals surface area contributed by atoms with Gasteiger partial charge in [0.05, 0.1) is 5.75 Å². The van der Waals surface area contributed by atoms with Gasteiger partial charge in [-0.2, -0.15) is 5.26 Å². The molecule has 1 heterocycles. The van der Waals surface area contributed by atoms with Gasteiger partial charge in [0.25, 0.3) is 0 Å². The smallest absolute Gasteiger partial charge is 0.181 e. The molecule has 0 aliphatic rings. The van der Waals surface area contributed by atoms with Crippen LogP contribution >= 0.6 is 0 Å². The molecule has 0 unspecified atom stereocenters. The predicted octanol–water partition coefficient (Wildman–Crippen LogP) is 1.70. The van der Waals surface area contributed by atoms with Crippen LogP contribution in [0.2, 0.25) is 0 Å². The Morgan fingerprint density at radius 3 is 2.56 bits per heavy atom. The second-order valence-electron chi connectivity index (χ2n) is 3.43. The van der Waals surface area contributed by atoms with Crippen LogP contribution in [0.15, 0.2) is 17.0 Å². The monoisotopic (exact) mass is 238 g/mol. The number of nitrogens with zero attached hydrogens (tertiary/aromatic N) is 2. The van der Waals surface area contributed by atoms with E-state index in [1.807, 2.05) is 13.0 Å². The standard InChI is InChI=1S/C11H14N2O2S/c1-3-7-16(14,15)11-6-5-9(4-2)13-10(11)8-12/h5-6H,3-4,7H2,1-2H3. The molecule has 0 saturated carbocycles. The number of rotatable bonds is 4. The second-order valence-corrected chi connectivity index (χ2v) is 5.51. The SMILES string of the molecule is CCCS(=O)(=O)c1ccc(CC)nc1C#N. The quantitative estimate of drug-likeness (QED) is 0.800. The normalized spacial score (nSPS) is 11.1. The Balaban J connectivity index is 3.31. The number of sulfone groups is 1. The van der Waals surface area contributed by atoms with Gasteiger partial charge in [-0.15, -0.1) is 0 Å². The van der Waals surface area contributed by atoms with Crippen molar-refractivity contribution in [2.45, 2.75) is 31.6 Å². The van der Waals surface area contributed by atoms with E-state index < -0.39 is 9.84 Å². The lowest BCUT2D eigenvalue weighted by atomic mass is 10.2. The van der Waals surface area contributed by atoms with Gasteiger partial charge >= 0.3 is 0 Å². The minimum atomic E-state index is -3.36. The van der Waals surface area contributed by atoms with E-state index in [-0.39, 0.29) is 16.3 Å². The highest BCUT2D eigenvalue weighted by atomic mass is 32.2. The molecule has 0 bridgehead atoms. The van der Waals surface area contributed by atoms with Crippen molar-refractivity contribution < 1.29 is 8.42 Å². The Bertz CT molecular complexity index is 515. The third-order valence-electron chi connectivity index (χ3n) is 2.19. The number of pyridine rings is 1. The van der Waals surface area contributed by atoms with Gasteiger partial charge in [-0.05, 0) is 25.0 Å². The maximum absolute atomic E-state index is 11.8. The van der Waals surface area contributed by atoms with Gasteiger partial charge in [0.1, 0.15) is 11.0 Å². The third-order valence-corrected chi connectivity index (χ3v) is 4.14. The average Bonchev–Trinajstić information content (AvgIpc) is 2.28. The molecule has 0 aromatic carbocycles. The minimum absolute atomic E-state index is 0.00722. The Morgan fingerprint density at radius 1 is 1.38 bits per heavy atom. The molecule has 1 aromatic heterocycles. The molecule has 0 aliphatic carbocycles. The van der Waals surface area contributed by atoms with Crippen LogP contribution in [0, 0.1) is 11.3 Å². The summed E-state index contributed by atoms with van der Waals surface area (Å²) in [6, 6.07) is 4.98. The number of nitriles is 1. The number of hydrogen-bond donors (Lipinski definition) is 0. The van der Waals surface area contributed by atoms with Gasteiger partial charge in [0.15, 0.2) is 15.5 Å². The van der Waals surface area contributed by atoms with Crippen LogP contribution in [0.4, 0.5) is 0 Å². The summed E-state index contributed by atoms with van der Waals surface area (Å²) in [5, 5.41) is 8.89. The van der Waals surface area contributed by atoms with Crippen molar-refractivity contribution >= 4 is 9.84 Å². The number of aromatic nitrogens is 1. The van der Waals surface area contributed by atoms with Gasteiger partial charge in [-0.3, -0.25) is 0 Å². The van der Waals surface area contributed by atoms with Crippen LogP contribution in [0.3, 0.4) is 0 Å². The van der Waals surface area contributed by atoms with E-state index >= 15 is 0 Å². The van der Waals surface area contributed by atoms with Gasteiger partial charge < -0.3 is 0 Å². The fraction of sp³-hybridized carbons (Fsp3) is 0.455. The second kappa shape index (κ2) is 5.08. The molecule has 0 spiro atoms. The zero-order chi connectivity index (χ0) is 12.2. The number of hydrogen-bond acceptors (Lipinski definition) is 4. The van der Waals surface area contributed by atoms with Gasteiger partial charge in [-0.1, -0.05) is 13.8 Å². The van der Waals surface area contributed by atoms with Crippen molar-refractivity contribution in [1.29, 1.82) is 5.26 Å². The fourth-order valence-corrected chi connectivity index (χ4v) is 2.81. The summed E-state index contributed by atoms with van der Waals surface area (Å²) < 4.78 is 23.6. The molecule has 0 saturated heterocycles. The van der Waals surface area contributed by atoms with Crippen LogP contribution in [0.1, 0.15) is 31.7 Å². The minimum Gasteiger partial charge on any atom is -0.241 e. The summed E-state index contributed by atoms with van der Waals surface area (Å²) in [7, 11) is -3.36. The molecule has 0 amide bonds. The van der Waals surface area contributed by atoms with E-state index in [1.165, 1.54) is 6.07 Å². The molecule has 0 aliphatic heterocycles. The van der Waals surface area contributed by atoms with Gasteiger partial charge in [0.2, 0.25) is 0 Å². The van der Waals surface area contributed by atoms with Gasteiger partial charge in [0, 0.05) is 5.69 Å². The fourth-order valence-electron chi connectivity index (χ4n) is 1.39. The van der Waals surface area contributed by atoms with Crippen molar-refractivity contribution in [3.63, 3.8) is 0 Å². The molecule has 0 atom stereocenters. The first-order chi connectivity index (χ1) is 7.55. The van der Waals surface area contributed by atoms with Crippen molar-refractivity contribution in [1.82, 2.24) is 4.98 Å². The van der Waals surface area contributed by atoms with Crippen molar-refractivity contribution in [3.8, 4) is 6.07 Å². The highest BCUT2D eigenvalue weighted by molar-refractivity contribution is 7.91. The van der Waals surface area contributed by atoms with Crippen molar-refractivity contribution in [2.75, 3.05) is 5.75 Å². The highest BCUT2D eigenvalue weighted by Gasteiger charge is 2.18. The maximum atomic E-state index is 11.8. The first-order valence-electron chi connectivity index (χ1n) is 5.18. The Morgan fingerprint density at radius 2 is 2.06 bits per heavy atom. The molecule has 1 aromatic rings. The molecule has 16 heavy (non-hydrogen) atoms. The largest absolute Gasteiger partial charge is 0.241 e. The van der Waals surface area contributed by atoms with Crippen LogP contribution < -0.4 is 0 Å². The average molecular weight is 238 g/mol. The maximum Gasteiger partial charge on any atom is 0.181 e. The number of aryl methyl sites for hydroxylation is 1. The highest BCUT2D eigenvalue weighted by Crippen LogP contribution is 2.16. The van der Waals surface area contributed by atoms with E-state index in [9.17, 15) is 8.42 Å². The van der Waals surface area contributed by atoms with Crippen LogP contribution in [-0.4, -0.2) is 19.2 Å². The predicted molar refractivity (Wildman–Crippen MR) is 60.7 cm³/mol. The van der Waals surface area contributed by atoms with Crippen LogP contribution in [0.5, 0.6) is 0 Å². The van der Waals surface area contributed by atoms with E-state index in [0.717, 1.165) is 5.69 Å². The molecular weight excluding hydrogens is 224 g/mol. The molecule has 0 N–H and O–H groups in total. The lowest BCUT2D eigenvalue weighted by molar-refractivity contribution is 0.594. The van der Waals surface area contributed by atoms with Crippen molar-refractivity contribution in [2.24, 2.45) is 0 Å². The summed E-state index contributed by atoms with van der Waals surface area (Å²) >= 11 is 0. The van der Waals surface area contributed by atoms with Gasteiger partial charge in [-0.25, -0.2) is 13.4 Å². The van der Waals surface area contributed by atoms with E-state index in [1.54, 1.807) is 13.0 Å². The third kappa shape index (κ3) is 2.58. The summed E-state index contributed by atoms with van der Waals surface area (Å²) in [5.74, 6) is 0.0504. The Hall–Kier alpha value is -1.41. The summed E-state index contributed by atoms with van der Waals surface area (Å²) in [6.45, 7) is 3.70. The molecule has 86 valence electrons. The molecule has 5 heteroatoms. The topological polar surface area (TPSA) is 70.8 Å². The first-order valence-corrected chi connectivity index (χ1v) is 6.83. The molecule has 4 nitrogen and oxygen atoms in total. The summed E-state index contributed by atoms with van der Waals surface area (Å²) in [4.78, 5) is 4.07. The molecule has 0 radical (unpaired) electrons. The lowest BCUT2D eigenvalue weighted by Gasteiger charge is -2.05. The summed E-state index contributed by atoms with van der Waals surface area (Å²) in [5.41, 5.74) is 0.736. The molecule has 0 fully saturated rings. The van der Waals surface area contributed by atoms with E-state index in [2.05, 4.69) is 4.98 Å². The van der Waals surface area contributed by atoms with E-state index in [4.69, 9.17) is 5.26 Å². The van der Waals surface area contributed by atoms with Crippen LogP contribution in [0.25, 0.3) is 0 Å². The van der Waals surface area contributed by atoms with Crippen molar-refractivity contribution in [3.05, 3.63) is 23.5 Å². The zero-order valence-corrected chi connectivity index (χ0v) is 10.2. The Kier molecular flexibility index (Phi) is 4.02. The molecular formula is C11H14N2O2S. The molecule has 1 rings (SSSR count).